The first kappa shape index (κ1) is 13.8. The van der Waals surface area contributed by atoms with Gasteiger partial charge >= 0.3 is 0 Å². The summed E-state index contributed by atoms with van der Waals surface area (Å²) in [7, 11) is 4.16. The minimum Gasteiger partial charge on any atom is -0.380 e. The number of rotatable bonds is 5. The molecule has 1 heterocycles. The highest BCUT2D eigenvalue weighted by Crippen LogP contribution is 2.21. The number of nitrogens with one attached hydrogen (secondary N) is 1. The highest BCUT2D eigenvalue weighted by Gasteiger charge is 2.05. The van der Waals surface area contributed by atoms with Gasteiger partial charge in [0.2, 0.25) is 0 Å². The van der Waals surface area contributed by atoms with Crippen molar-refractivity contribution in [2.75, 3.05) is 25.1 Å². The summed E-state index contributed by atoms with van der Waals surface area (Å²) in [6.45, 7) is 3.81. The summed E-state index contributed by atoms with van der Waals surface area (Å²) in [5.74, 6) is 0. The van der Waals surface area contributed by atoms with Crippen molar-refractivity contribution in [3.05, 3.63) is 40.4 Å². The van der Waals surface area contributed by atoms with Crippen molar-refractivity contribution < 1.29 is 0 Å². The Morgan fingerprint density at radius 3 is 2.79 bits per heavy atom. The molecule has 4 nitrogen and oxygen atoms in total. The molecule has 0 atom stereocenters. The summed E-state index contributed by atoms with van der Waals surface area (Å²) >= 11 is 1.52. The second-order valence-corrected chi connectivity index (χ2v) is 6.06. The summed E-state index contributed by atoms with van der Waals surface area (Å²) in [5.41, 5.74) is 9.40. The van der Waals surface area contributed by atoms with Crippen LogP contribution in [0.4, 0.5) is 10.8 Å². The van der Waals surface area contributed by atoms with Crippen LogP contribution in [0, 0.1) is 6.92 Å². The molecule has 0 aliphatic heterocycles. The number of thiazole rings is 1. The van der Waals surface area contributed by atoms with Crippen LogP contribution in [-0.4, -0.2) is 24.0 Å². The van der Waals surface area contributed by atoms with Gasteiger partial charge in [0.15, 0.2) is 5.13 Å². The van der Waals surface area contributed by atoms with Crippen molar-refractivity contribution in [2.24, 2.45) is 0 Å². The molecule has 0 unspecified atom stereocenters. The number of nitrogens with two attached hydrogens (primary N) is 1. The molecule has 3 N–H and O–H groups in total. The molecule has 0 saturated heterocycles. The van der Waals surface area contributed by atoms with Gasteiger partial charge in [-0.15, -0.1) is 11.3 Å². The maximum Gasteiger partial charge on any atom is 0.180 e. The second-order valence-electron chi connectivity index (χ2n) is 4.92. The van der Waals surface area contributed by atoms with Crippen LogP contribution in [0.3, 0.4) is 0 Å². The molecule has 0 aliphatic rings. The van der Waals surface area contributed by atoms with Gasteiger partial charge in [-0.1, -0.05) is 17.7 Å². The number of benzene rings is 1. The zero-order valence-electron chi connectivity index (χ0n) is 11.6. The normalized spacial score (nSPS) is 10.9. The van der Waals surface area contributed by atoms with E-state index in [0.717, 1.165) is 18.0 Å². The number of hydrogen-bond donors (Lipinski definition) is 2. The average Bonchev–Trinajstić information content (AvgIpc) is 2.73. The molecule has 1 aromatic heterocycles. The van der Waals surface area contributed by atoms with Crippen LogP contribution in [0.25, 0.3) is 0 Å². The summed E-state index contributed by atoms with van der Waals surface area (Å²) in [6, 6.07) is 6.49. The maximum atomic E-state index is 5.64. The van der Waals surface area contributed by atoms with Crippen molar-refractivity contribution in [2.45, 2.75) is 20.0 Å². The number of nitrogens with zero attached hydrogens (tertiary/aromatic N) is 2. The van der Waals surface area contributed by atoms with Gasteiger partial charge in [0, 0.05) is 23.3 Å². The van der Waals surface area contributed by atoms with E-state index < -0.39 is 0 Å². The van der Waals surface area contributed by atoms with Crippen LogP contribution < -0.4 is 11.1 Å². The van der Waals surface area contributed by atoms with Crippen LogP contribution in [0.5, 0.6) is 0 Å². The van der Waals surface area contributed by atoms with Crippen molar-refractivity contribution >= 4 is 22.2 Å². The van der Waals surface area contributed by atoms with E-state index in [-0.39, 0.29) is 0 Å². The third-order valence-electron chi connectivity index (χ3n) is 2.77. The number of aryl methyl sites for hydroxylation is 1. The minimum absolute atomic E-state index is 0.620. The van der Waals surface area contributed by atoms with Crippen molar-refractivity contribution in [3.8, 4) is 0 Å². The predicted molar refractivity (Wildman–Crippen MR) is 82.4 cm³/mol. The highest BCUT2D eigenvalue weighted by atomic mass is 32.1. The smallest absolute Gasteiger partial charge is 0.180 e. The van der Waals surface area contributed by atoms with Crippen molar-refractivity contribution in [3.63, 3.8) is 0 Å². The van der Waals surface area contributed by atoms with E-state index in [0.29, 0.717) is 5.13 Å². The number of aromatic nitrogens is 1. The Labute approximate surface area is 118 Å². The van der Waals surface area contributed by atoms with Crippen LogP contribution >= 0.6 is 11.3 Å². The van der Waals surface area contributed by atoms with Gasteiger partial charge in [-0.2, -0.15) is 0 Å². The molecular formula is C14H20N4S. The van der Waals surface area contributed by atoms with Crippen LogP contribution in [0.15, 0.2) is 24.4 Å². The molecule has 0 bridgehead atoms. The minimum atomic E-state index is 0.620. The van der Waals surface area contributed by atoms with Gasteiger partial charge in [-0.3, -0.25) is 0 Å². The summed E-state index contributed by atoms with van der Waals surface area (Å²) in [5, 5.41) is 4.08. The van der Waals surface area contributed by atoms with Gasteiger partial charge in [0.25, 0.3) is 0 Å². The van der Waals surface area contributed by atoms with Gasteiger partial charge in [0.1, 0.15) is 0 Å². The quantitative estimate of drug-likeness (QED) is 0.881. The van der Waals surface area contributed by atoms with Crippen molar-refractivity contribution in [1.82, 2.24) is 9.88 Å². The maximum absolute atomic E-state index is 5.64. The van der Waals surface area contributed by atoms with Gasteiger partial charge in [-0.25, -0.2) is 4.98 Å². The summed E-state index contributed by atoms with van der Waals surface area (Å²) in [4.78, 5) is 7.38. The van der Waals surface area contributed by atoms with E-state index in [1.165, 1.54) is 28.2 Å². The fraction of sp³-hybridized carbons (Fsp3) is 0.357. The lowest BCUT2D eigenvalue weighted by Crippen LogP contribution is -2.13. The summed E-state index contributed by atoms with van der Waals surface area (Å²) in [6.07, 6.45) is 1.83. The molecule has 19 heavy (non-hydrogen) atoms. The van der Waals surface area contributed by atoms with Gasteiger partial charge < -0.3 is 16.0 Å². The van der Waals surface area contributed by atoms with Crippen LogP contribution in [-0.2, 0) is 13.1 Å². The largest absolute Gasteiger partial charge is 0.380 e. The number of anilines is 2. The Bertz CT molecular complexity index is 548. The van der Waals surface area contributed by atoms with Crippen molar-refractivity contribution in [1.29, 1.82) is 0 Å². The summed E-state index contributed by atoms with van der Waals surface area (Å²) < 4.78 is 0. The van der Waals surface area contributed by atoms with E-state index in [2.05, 4.69) is 54.4 Å². The van der Waals surface area contributed by atoms with Gasteiger partial charge in [-0.05, 0) is 32.6 Å². The molecule has 0 fully saturated rings. The molecule has 1 aromatic carbocycles. The number of hydrogen-bond acceptors (Lipinski definition) is 5. The molecule has 0 saturated carbocycles. The van der Waals surface area contributed by atoms with E-state index in [9.17, 15) is 0 Å². The Morgan fingerprint density at radius 1 is 1.37 bits per heavy atom. The lowest BCUT2D eigenvalue weighted by Gasteiger charge is -2.16. The zero-order chi connectivity index (χ0) is 13.8. The monoisotopic (exact) mass is 276 g/mol. The second kappa shape index (κ2) is 6.04. The average molecular weight is 276 g/mol. The van der Waals surface area contributed by atoms with Crippen LogP contribution in [0.2, 0.25) is 0 Å². The molecule has 0 spiro atoms. The predicted octanol–water partition coefficient (Wildman–Crippen LogP) is 2.71. The zero-order valence-corrected chi connectivity index (χ0v) is 12.4. The molecule has 5 heteroatoms. The molecule has 0 amide bonds. The lowest BCUT2D eigenvalue weighted by molar-refractivity contribution is 0.403. The third kappa shape index (κ3) is 3.94. The molecule has 2 rings (SSSR count). The molecule has 2 aromatic rings. The Kier molecular flexibility index (Phi) is 4.39. The Hall–Kier alpha value is -1.59. The first-order valence-electron chi connectivity index (χ1n) is 6.23. The molecule has 0 radical (unpaired) electrons. The Balaban J connectivity index is 2.10. The fourth-order valence-corrected chi connectivity index (χ4v) is 2.58. The third-order valence-corrected chi connectivity index (χ3v) is 3.60. The SMILES string of the molecule is Cc1ccc(NCc2cnc(N)s2)c(CN(C)C)c1. The first-order chi connectivity index (χ1) is 9.04. The lowest BCUT2D eigenvalue weighted by atomic mass is 10.1. The first-order valence-corrected chi connectivity index (χ1v) is 7.04. The molecule has 0 aliphatic carbocycles. The number of nitrogen functional groups attached to an aromatic ring is 1. The molecular weight excluding hydrogens is 256 g/mol. The molecule has 102 valence electrons. The Morgan fingerprint density at radius 2 is 2.16 bits per heavy atom. The van der Waals surface area contributed by atoms with E-state index >= 15 is 0 Å². The fourth-order valence-electron chi connectivity index (χ4n) is 1.95. The van der Waals surface area contributed by atoms with E-state index in [1.54, 1.807) is 0 Å². The topological polar surface area (TPSA) is 54.2 Å². The van der Waals surface area contributed by atoms with E-state index in [4.69, 9.17) is 5.73 Å². The highest BCUT2D eigenvalue weighted by molar-refractivity contribution is 7.15. The van der Waals surface area contributed by atoms with Crippen LogP contribution in [0.1, 0.15) is 16.0 Å². The van der Waals surface area contributed by atoms with E-state index in [1.807, 2.05) is 6.20 Å². The van der Waals surface area contributed by atoms with Gasteiger partial charge in [0.05, 0.1) is 6.54 Å². The standard InChI is InChI=1S/C14H20N4S/c1-10-4-5-13(11(6-10)9-18(2)3)16-7-12-8-17-14(15)19-12/h4-6,8,16H,7,9H2,1-3H3,(H2,15,17).